The van der Waals surface area contributed by atoms with Crippen LogP contribution < -0.4 is 5.73 Å². The number of esters is 1. The first kappa shape index (κ1) is 21.7. The minimum Gasteiger partial charge on any atom is -0.445 e. The van der Waals surface area contributed by atoms with E-state index in [9.17, 15) is 9.59 Å². The second-order valence-corrected chi connectivity index (χ2v) is 8.55. The van der Waals surface area contributed by atoms with E-state index in [1.54, 1.807) is 16.8 Å². The van der Waals surface area contributed by atoms with E-state index < -0.39 is 17.5 Å². The Bertz CT molecular complexity index is 1160. The fourth-order valence-electron chi connectivity index (χ4n) is 3.48. The number of nitrogens with zero attached hydrogens (tertiary/aromatic N) is 4. The van der Waals surface area contributed by atoms with Gasteiger partial charge in [-0.3, -0.25) is 9.69 Å². The molecule has 1 atom stereocenters. The summed E-state index contributed by atoms with van der Waals surface area (Å²) in [5, 5.41) is 4.41. The van der Waals surface area contributed by atoms with E-state index in [0.29, 0.717) is 24.1 Å². The Kier molecular flexibility index (Phi) is 5.56. The molecule has 1 heterocycles. The molecule has 1 aromatic heterocycles. The lowest BCUT2D eigenvalue weighted by Gasteiger charge is -2.20. The first-order chi connectivity index (χ1) is 15.2. The van der Waals surface area contributed by atoms with Crippen molar-refractivity contribution in [3.63, 3.8) is 0 Å². The van der Waals surface area contributed by atoms with Crippen molar-refractivity contribution in [3.8, 4) is 16.8 Å². The van der Waals surface area contributed by atoms with E-state index in [0.717, 1.165) is 22.5 Å². The highest BCUT2D eigenvalue weighted by Gasteiger charge is 2.53. The minimum atomic E-state index is -1.19. The monoisotopic (exact) mass is 433 g/mol. The van der Waals surface area contributed by atoms with Crippen LogP contribution in [0.4, 0.5) is 0 Å². The summed E-state index contributed by atoms with van der Waals surface area (Å²) in [5.41, 5.74) is 8.18. The molecule has 1 unspecified atom stereocenters. The number of amides is 1. The molecule has 2 aromatic carbocycles. The average Bonchev–Trinajstić information content (AvgIpc) is 3.39. The van der Waals surface area contributed by atoms with Crippen molar-refractivity contribution < 1.29 is 14.3 Å². The van der Waals surface area contributed by atoms with Crippen LogP contribution in [0.2, 0.25) is 0 Å². The van der Waals surface area contributed by atoms with Gasteiger partial charge in [0.25, 0.3) is 5.91 Å². The van der Waals surface area contributed by atoms with Gasteiger partial charge < -0.3 is 10.5 Å². The third kappa shape index (κ3) is 4.13. The van der Waals surface area contributed by atoms with Crippen LogP contribution in [0.3, 0.4) is 0 Å². The van der Waals surface area contributed by atoms with Gasteiger partial charge in [0.1, 0.15) is 12.2 Å². The van der Waals surface area contributed by atoms with Gasteiger partial charge >= 0.3 is 5.97 Å². The number of nitrogens with two attached hydrogens (primary N) is 1. The van der Waals surface area contributed by atoms with E-state index in [1.165, 1.54) is 6.33 Å². The van der Waals surface area contributed by atoms with Gasteiger partial charge in [0.15, 0.2) is 5.60 Å². The van der Waals surface area contributed by atoms with Gasteiger partial charge in [-0.05, 0) is 57.3 Å². The van der Waals surface area contributed by atoms with E-state index in [4.69, 9.17) is 10.5 Å². The molecule has 8 nitrogen and oxygen atoms in total. The first-order valence-corrected chi connectivity index (χ1v) is 10.5. The second kappa shape index (κ2) is 8.20. The van der Waals surface area contributed by atoms with Gasteiger partial charge in [-0.1, -0.05) is 29.8 Å². The zero-order valence-electron chi connectivity index (χ0n) is 18.7. The Labute approximate surface area is 187 Å². The molecule has 1 aliphatic carbocycles. The maximum atomic E-state index is 13.0. The van der Waals surface area contributed by atoms with Crippen LogP contribution in [0.15, 0.2) is 48.8 Å². The van der Waals surface area contributed by atoms with Crippen molar-refractivity contribution in [1.82, 2.24) is 19.7 Å². The molecule has 0 saturated heterocycles. The lowest BCUT2D eigenvalue weighted by molar-refractivity contribution is -0.128. The number of primary amides is 1. The van der Waals surface area contributed by atoms with Crippen molar-refractivity contribution in [2.75, 3.05) is 14.1 Å². The van der Waals surface area contributed by atoms with Crippen molar-refractivity contribution in [1.29, 1.82) is 0 Å². The van der Waals surface area contributed by atoms with Crippen LogP contribution in [0.5, 0.6) is 0 Å². The van der Waals surface area contributed by atoms with E-state index in [-0.39, 0.29) is 6.04 Å². The summed E-state index contributed by atoms with van der Waals surface area (Å²) in [6.45, 7) is 4.05. The van der Waals surface area contributed by atoms with Gasteiger partial charge in [-0.2, -0.15) is 5.10 Å². The molecular formula is C24H27N5O3. The molecule has 1 saturated carbocycles. The molecule has 166 valence electrons. The van der Waals surface area contributed by atoms with Crippen LogP contribution in [0, 0.1) is 6.92 Å². The lowest BCUT2D eigenvalue weighted by Crippen LogP contribution is -2.35. The quantitative estimate of drug-likeness (QED) is 0.575. The fraction of sp³-hybridized carbons (Fsp3) is 0.333. The summed E-state index contributed by atoms with van der Waals surface area (Å²) in [5.74, 6) is -0.454. The summed E-state index contributed by atoms with van der Waals surface area (Å²) >= 11 is 0. The topological polar surface area (TPSA) is 103 Å². The number of ether oxygens (including phenoxy) is 1. The van der Waals surface area contributed by atoms with Crippen LogP contribution in [0.1, 0.15) is 47.6 Å². The van der Waals surface area contributed by atoms with E-state index in [1.807, 2.05) is 63.2 Å². The predicted molar refractivity (Wildman–Crippen MR) is 120 cm³/mol. The number of aromatic nitrogens is 3. The predicted octanol–water partition coefficient (Wildman–Crippen LogP) is 3.04. The molecule has 0 bridgehead atoms. The van der Waals surface area contributed by atoms with Gasteiger partial charge in [-0.15, -0.1) is 0 Å². The zero-order chi connectivity index (χ0) is 23.0. The highest BCUT2D eigenvalue weighted by atomic mass is 16.6. The Hall–Kier alpha value is -3.52. The molecule has 2 N–H and O–H groups in total. The molecule has 4 rings (SSSR count). The van der Waals surface area contributed by atoms with Crippen LogP contribution in [-0.4, -0.2) is 51.2 Å². The fourth-order valence-corrected chi connectivity index (χ4v) is 3.48. The molecule has 1 amide bonds. The van der Waals surface area contributed by atoms with Gasteiger partial charge in [0.2, 0.25) is 0 Å². The zero-order valence-corrected chi connectivity index (χ0v) is 18.7. The number of carbonyl (C=O) groups excluding carboxylic acids is 2. The number of aryl methyl sites for hydroxylation is 1. The van der Waals surface area contributed by atoms with Crippen LogP contribution >= 0.6 is 0 Å². The number of hydrogen-bond donors (Lipinski definition) is 1. The number of rotatable bonds is 7. The highest BCUT2D eigenvalue weighted by molar-refractivity contribution is 5.96. The van der Waals surface area contributed by atoms with Crippen molar-refractivity contribution >= 4 is 11.9 Å². The van der Waals surface area contributed by atoms with Crippen LogP contribution in [-0.2, 0) is 9.53 Å². The lowest BCUT2D eigenvalue weighted by atomic mass is 10.0. The van der Waals surface area contributed by atoms with Crippen LogP contribution in [0.25, 0.3) is 16.8 Å². The molecule has 32 heavy (non-hydrogen) atoms. The third-order valence-electron chi connectivity index (χ3n) is 5.95. The number of benzene rings is 2. The Morgan fingerprint density at radius 1 is 1.12 bits per heavy atom. The average molecular weight is 434 g/mol. The molecule has 0 spiro atoms. The summed E-state index contributed by atoms with van der Waals surface area (Å²) in [6.07, 6.45) is 2.40. The van der Waals surface area contributed by atoms with Crippen molar-refractivity contribution in [2.24, 2.45) is 5.73 Å². The highest BCUT2D eigenvalue weighted by Crippen LogP contribution is 2.40. The summed E-state index contributed by atoms with van der Waals surface area (Å²) in [4.78, 5) is 31.2. The molecule has 1 fully saturated rings. The minimum absolute atomic E-state index is 0.000488. The molecule has 8 heteroatoms. The molecule has 3 aromatic rings. The maximum absolute atomic E-state index is 13.0. The standard InChI is InChI=1S/C24H27N5O3/c1-15-5-7-17(8-6-15)18-11-19(22(30)32-24(9-10-24)23(25)31)13-20(12-18)29-21(26-14-27-29)16(2)28(3)4/h5-8,11-14,16H,9-10H2,1-4H3,(H2,25,31). The molecular weight excluding hydrogens is 406 g/mol. The third-order valence-corrected chi connectivity index (χ3v) is 5.95. The second-order valence-electron chi connectivity index (χ2n) is 8.55. The van der Waals surface area contributed by atoms with Gasteiger partial charge in [-0.25, -0.2) is 14.5 Å². The van der Waals surface area contributed by atoms with Crippen molar-refractivity contribution in [2.45, 2.75) is 38.3 Å². The summed E-state index contributed by atoms with van der Waals surface area (Å²) in [6, 6.07) is 13.5. The van der Waals surface area contributed by atoms with Gasteiger partial charge in [0.05, 0.1) is 17.3 Å². The number of hydrogen-bond acceptors (Lipinski definition) is 6. The van der Waals surface area contributed by atoms with Gasteiger partial charge in [0, 0.05) is 12.8 Å². The Morgan fingerprint density at radius 3 is 2.41 bits per heavy atom. The first-order valence-electron chi connectivity index (χ1n) is 10.5. The Morgan fingerprint density at radius 2 is 1.81 bits per heavy atom. The normalized spacial score (nSPS) is 15.4. The smallest absolute Gasteiger partial charge is 0.339 e. The summed E-state index contributed by atoms with van der Waals surface area (Å²) < 4.78 is 7.25. The largest absolute Gasteiger partial charge is 0.445 e. The molecule has 1 aliphatic rings. The van der Waals surface area contributed by atoms with E-state index >= 15 is 0 Å². The SMILES string of the molecule is Cc1ccc(-c2cc(C(=O)OC3(C(N)=O)CC3)cc(-n3ncnc3C(C)N(C)C)c2)cc1. The molecule has 0 radical (unpaired) electrons. The Balaban J connectivity index is 1.80. The summed E-state index contributed by atoms with van der Waals surface area (Å²) in [7, 11) is 3.93. The maximum Gasteiger partial charge on any atom is 0.339 e. The van der Waals surface area contributed by atoms with Crippen molar-refractivity contribution in [3.05, 3.63) is 65.7 Å². The van der Waals surface area contributed by atoms with E-state index in [2.05, 4.69) is 10.1 Å². The molecule has 0 aliphatic heterocycles. The number of carbonyl (C=O) groups is 2.